The Labute approximate surface area is 112 Å². The summed E-state index contributed by atoms with van der Waals surface area (Å²) >= 11 is 0. The minimum absolute atomic E-state index is 0.0720. The highest BCUT2D eigenvalue weighted by Crippen LogP contribution is 2.28. The predicted molar refractivity (Wildman–Crippen MR) is 64.3 cm³/mol. The van der Waals surface area contributed by atoms with Crippen molar-refractivity contribution in [2.45, 2.75) is 13.1 Å². The van der Waals surface area contributed by atoms with E-state index in [1.54, 1.807) is 0 Å². The number of rotatable bonds is 4. The van der Waals surface area contributed by atoms with Gasteiger partial charge in [-0.05, 0) is 25.1 Å². The number of alkyl halides is 3. The van der Waals surface area contributed by atoms with Gasteiger partial charge >= 0.3 is 12.3 Å². The van der Waals surface area contributed by atoms with Crippen LogP contribution in [0.1, 0.15) is 28.7 Å². The van der Waals surface area contributed by atoms with Crippen LogP contribution in [0.25, 0.3) is 6.08 Å². The highest BCUT2D eigenvalue weighted by atomic mass is 19.4. The van der Waals surface area contributed by atoms with E-state index in [9.17, 15) is 22.8 Å². The first kappa shape index (κ1) is 15.7. The molecule has 8 heteroatoms. The van der Waals surface area contributed by atoms with Gasteiger partial charge in [-0.2, -0.15) is 13.2 Å². The number of nitrogens with zero attached hydrogens (tertiary/aromatic N) is 1. The van der Waals surface area contributed by atoms with Gasteiger partial charge in [0.2, 0.25) is 0 Å². The van der Waals surface area contributed by atoms with Crippen LogP contribution in [0.3, 0.4) is 0 Å². The van der Waals surface area contributed by atoms with Crippen molar-refractivity contribution < 1.29 is 27.9 Å². The molecule has 0 aliphatic carbocycles. The van der Waals surface area contributed by atoms with E-state index in [0.29, 0.717) is 6.07 Å². The Morgan fingerprint density at radius 3 is 2.55 bits per heavy atom. The van der Waals surface area contributed by atoms with Crippen LogP contribution in [0.2, 0.25) is 0 Å². The second kappa shape index (κ2) is 6.18. The van der Waals surface area contributed by atoms with Crippen molar-refractivity contribution in [2.75, 3.05) is 6.54 Å². The number of amides is 1. The zero-order valence-corrected chi connectivity index (χ0v) is 10.4. The van der Waals surface area contributed by atoms with E-state index in [1.165, 1.54) is 18.2 Å². The molecule has 0 bridgehead atoms. The van der Waals surface area contributed by atoms with E-state index in [1.807, 2.05) is 5.32 Å². The molecule has 0 aromatic carbocycles. The SMILES string of the molecule is CC(=O)c1cc(C=CCNC(=O)O)nc(C(F)(F)F)c1. The first-order valence-electron chi connectivity index (χ1n) is 5.43. The van der Waals surface area contributed by atoms with Crippen molar-refractivity contribution in [2.24, 2.45) is 0 Å². The number of nitrogens with one attached hydrogen (secondary N) is 1. The number of halogens is 3. The highest BCUT2D eigenvalue weighted by Gasteiger charge is 2.33. The molecule has 1 amide bonds. The molecule has 20 heavy (non-hydrogen) atoms. The van der Waals surface area contributed by atoms with Crippen molar-refractivity contribution in [1.29, 1.82) is 0 Å². The van der Waals surface area contributed by atoms with Gasteiger partial charge in [-0.1, -0.05) is 6.08 Å². The molecule has 0 unspecified atom stereocenters. The molecule has 5 nitrogen and oxygen atoms in total. The van der Waals surface area contributed by atoms with Crippen molar-refractivity contribution in [3.63, 3.8) is 0 Å². The number of hydrogen-bond donors (Lipinski definition) is 2. The molecule has 1 aromatic heterocycles. The summed E-state index contributed by atoms with van der Waals surface area (Å²) in [7, 11) is 0. The molecule has 0 saturated carbocycles. The first-order valence-corrected chi connectivity index (χ1v) is 5.43. The fourth-order valence-electron chi connectivity index (χ4n) is 1.31. The number of carbonyl (C=O) groups is 2. The first-order chi connectivity index (χ1) is 9.20. The summed E-state index contributed by atoms with van der Waals surface area (Å²) in [5, 5.41) is 10.3. The molecule has 2 N–H and O–H groups in total. The van der Waals surface area contributed by atoms with Gasteiger partial charge in [0.15, 0.2) is 5.78 Å². The standard InChI is InChI=1S/C12H11F3N2O3/c1-7(18)8-5-9(3-2-4-16-11(19)20)17-10(6-8)12(13,14)15/h2-3,5-6,16H,4H2,1H3,(H,19,20). The molecule has 108 valence electrons. The smallest absolute Gasteiger partial charge is 0.433 e. The quantitative estimate of drug-likeness (QED) is 0.835. The van der Waals surface area contributed by atoms with Crippen LogP contribution in [0.4, 0.5) is 18.0 Å². The maximum Gasteiger partial charge on any atom is 0.433 e. The van der Waals surface area contributed by atoms with Crippen LogP contribution < -0.4 is 5.32 Å². The number of Topliss-reactive ketones (excluding diaryl/α,β-unsaturated/α-hetero) is 1. The lowest BCUT2D eigenvalue weighted by atomic mass is 10.1. The van der Waals surface area contributed by atoms with Gasteiger partial charge in [-0.3, -0.25) is 4.79 Å². The van der Waals surface area contributed by atoms with Gasteiger partial charge in [0, 0.05) is 12.1 Å². The number of ketones is 1. The Bertz CT molecular complexity index is 553. The number of hydrogen-bond acceptors (Lipinski definition) is 3. The maximum atomic E-state index is 12.6. The molecule has 0 radical (unpaired) electrons. The van der Waals surface area contributed by atoms with Crippen LogP contribution in [-0.2, 0) is 6.18 Å². The van der Waals surface area contributed by atoms with Gasteiger partial charge in [0.1, 0.15) is 5.69 Å². The van der Waals surface area contributed by atoms with E-state index in [0.717, 1.165) is 6.92 Å². The Morgan fingerprint density at radius 1 is 1.40 bits per heavy atom. The van der Waals surface area contributed by atoms with Crippen LogP contribution in [0.5, 0.6) is 0 Å². The van der Waals surface area contributed by atoms with Gasteiger partial charge < -0.3 is 10.4 Å². The lowest BCUT2D eigenvalue weighted by Gasteiger charge is -2.08. The third kappa shape index (κ3) is 4.71. The molecule has 0 saturated heterocycles. The van der Waals surface area contributed by atoms with E-state index >= 15 is 0 Å². The lowest BCUT2D eigenvalue weighted by Crippen LogP contribution is -2.20. The lowest BCUT2D eigenvalue weighted by molar-refractivity contribution is -0.141. The van der Waals surface area contributed by atoms with Gasteiger partial charge in [-0.15, -0.1) is 0 Å². The third-order valence-electron chi connectivity index (χ3n) is 2.20. The van der Waals surface area contributed by atoms with E-state index in [2.05, 4.69) is 4.98 Å². The topological polar surface area (TPSA) is 79.3 Å². The fraction of sp³-hybridized carbons (Fsp3) is 0.250. The normalized spacial score (nSPS) is 11.6. The van der Waals surface area contributed by atoms with Crippen molar-refractivity contribution in [1.82, 2.24) is 10.3 Å². The molecular weight excluding hydrogens is 277 g/mol. The minimum atomic E-state index is -4.66. The maximum absolute atomic E-state index is 12.6. The molecule has 0 aliphatic rings. The highest BCUT2D eigenvalue weighted by molar-refractivity contribution is 5.94. The largest absolute Gasteiger partial charge is 0.465 e. The molecule has 0 atom stereocenters. The van der Waals surface area contributed by atoms with Crippen molar-refractivity contribution >= 4 is 18.0 Å². The van der Waals surface area contributed by atoms with Gasteiger partial charge in [0.05, 0.1) is 5.69 Å². The summed E-state index contributed by atoms with van der Waals surface area (Å²) < 4.78 is 37.9. The van der Waals surface area contributed by atoms with Crippen molar-refractivity contribution in [3.8, 4) is 0 Å². The molecule has 1 aromatic rings. The summed E-state index contributed by atoms with van der Waals surface area (Å²) in [5.41, 5.74) is -1.36. The number of carbonyl (C=O) groups excluding carboxylic acids is 1. The summed E-state index contributed by atoms with van der Waals surface area (Å²) in [6.07, 6.45) is -3.41. The van der Waals surface area contributed by atoms with E-state index in [4.69, 9.17) is 5.11 Å². The zero-order valence-electron chi connectivity index (χ0n) is 10.4. The van der Waals surface area contributed by atoms with Gasteiger partial charge in [-0.25, -0.2) is 9.78 Å². The summed E-state index contributed by atoms with van der Waals surface area (Å²) in [6, 6.07) is 1.88. The second-order valence-corrected chi connectivity index (χ2v) is 3.81. The minimum Gasteiger partial charge on any atom is -0.465 e. The molecule has 1 heterocycles. The Kier molecular flexibility index (Phi) is 4.84. The number of aromatic nitrogens is 1. The average molecular weight is 288 g/mol. The second-order valence-electron chi connectivity index (χ2n) is 3.81. The van der Waals surface area contributed by atoms with E-state index in [-0.39, 0.29) is 17.8 Å². The Morgan fingerprint density at radius 2 is 2.05 bits per heavy atom. The molecular formula is C12H11F3N2O3. The Hall–Kier alpha value is -2.38. The number of carboxylic acid groups (broad SMARTS) is 1. The zero-order chi connectivity index (χ0) is 15.3. The van der Waals surface area contributed by atoms with Crippen LogP contribution in [0, 0.1) is 0 Å². The fourth-order valence-corrected chi connectivity index (χ4v) is 1.31. The molecule has 0 aliphatic heterocycles. The average Bonchev–Trinajstić information content (AvgIpc) is 2.33. The van der Waals surface area contributed by atoms with E-state index < -0.39 is 23.7 Å². The van der Waals surface area contributed by atoms with Crippen LogP contribution in [0.15, 0.2) is 18.2 Å². The number of pyridine rings is 1. The van der Waals surface area contributed by atoms with Crippen LogP contribution in [-0.4, -0.2) is 28.5 Å². The summed E-state index contributed by atoms with van der Waals surface area (Å²) in [5.74, 6) is -0.517. The monoisotopic (exact) mass is 288 g/mol. The van der Waals surface area contributed by atoms with Crippen molar-refractivity contribution in [3.05, 3.63) is 35.2 Å². The Balaban J connectivity index is 3.04. The van der Waals surface area contributed by atoms with Gasteiger partial charge in [0.25, 0.3) is 0 Å². The molecule has 1 rings (SSSR count). The third-order valence-corrected chi connectivity index (χ3v) is 2.20. The molecule has 0 spiro atoms. The predicted octanol–water partition coefficient (Wildman–Crippen LogP) is 2.58. The van der Waals surface area contributed by atoms with Crippen LogP contribution >= 0.6 is 0 Å². The summed E-state index contributed by atoms with van der Waals surface area (Å²) in [4.78, 5) is 24.7. The molecule has 0 fully saturated rings. The summed E-state index contributed by atoms with van der Waals surface area (Å²) in [6.45, 7) is 1.07.